The maximum absolute atomic E-state index is 6.04. The second kappa shape index (κ2) is 7.76. The van der Waals surface area contributed by atoms with Crippen molar-refractivity contribution in [1.82, 2.24) is 0 Å². The van der Waals surface area contributed by atoms with Gasteiger partial charge in [-0.1, -0.05) is 84.8 Å². The summed E-state index contributed by atoms with van der Waals surface area (Å²) >= 11 is 9.41. The van der Waals surface area contributed by atoms with Gasteiger partial charge in [0.15, 0.2) is 0 Å². The normalized spacial score (nSPS) is 12.4. The summed E-state index contributed by atoms with van der Waals surface area (Å²) in [5, 5.41) is 0. The van der Waals surface area contributed by atoms with Gasteiger partial charge in [0.05, 0.1) is 12.7 Å². The van der Waals surface area contributed by atoms with Crippen molar-refractivity contribution in [2.45, 2.75) is 12.7 Å². The molecule has 4 heteroatoms. The number of alkyl halides is 1. The second-order valence-corrected chi connectivity index (χ2v) is 6.75. The van der Waals surface area contributed by atoms with Gasteiger partial charge in [-0.05, 0) is 29.3 Å². The van der Waals surface area contributed by atoms with E-state index in [4.69, 9.17) is 4.74 Å². The molecule has 0 heterocycles. The summed E-state index contributed by atoms with van der Waals surface area (Å²) in [7, 11) is 0. The standard InChI is InChI=1S/C15H13Br2IO/c16-13-6-3-5-11(8-13)15(9-18)19-10-12-4-1-2-7-14(12)17/h1-8,15H,9-10H2. The van der Waals surface area contributed by atoms with Gasteiger partial charge in [0, 0.05) is 13.4 Å². The predicted molar refractivity (Wildman–Crippen MR) is 94.7 cm³/mol. The Bertz CT molecular complexity index is 545. The Morgan fingerprint density at radius 1 is 1.05 bits per heavy atom. The van der Waals surface area contributed by atoms with Crippen LogP contribution in [0.4, 0.5) is 0 Å². The average molecular weight is 496 g/mol. The van der Waals surface area contributed by atoms with E-state index in [-0.39, 0.29) is 6.10 Å². The van der Waals surface area contributed by atoms with Crippen LogP contribution in [0.5, 0.6) is 0 Å². The summed E-state index contributed by atoms with van der Waals surface area (Å²) in [4.78, 5) is 0. The third-order valence-corrected chi connectivity index (χ3v) is 4.83. The molecule has 0 fully saturated rings. The molecule has 0 amide bonds. The average Bonchev–Trinajstić information content (AvgIpc) is 2.41. The van der Waals surface area contributed by atoms with Gasteiger partial charge < -0.3 is 4.74 Å². The summed E-state index contributed by atoms with van der Waals surface area (Å²) in [5.41, 5.74) is 2.38. The lowest BCUT2D eigenvalue weighted by Crippen LogP contribution is -2.06. The second-order valence-electron chi connectivity index (χ2n) is 4.10. The first-order chi connectivity index (χ1) is 9.20. The van der Waals surface area contributed by atoms with Crippen LogP contribution in [0, 0.1) is 0 Å². The van der Waals surface area contributed by atoms with Crippen LogP contribution in [0.15, 0.2) is 57.5 Å². The molecule has 100 valence electrons. The van der Waals surface area contributed by atoms with E-state index in [0.29, 0.717) is 6.61 Å². The number of hydrogen-bond acceptors (Lipinski definition) is 1. The molecule has 0 aromatic heterocycles. The molecule has 1 unspecified atom stereocenters. The molecule has 2 aromatic carbocycles. The van der Waals surface area contributed by atoms with Gasteiger partial charge in [-0.15, -0.1) is 0 Å². The first kappa shape index (κ1) is 15.5. The molecule has 2 aromatic rings. The molecule has 19 heavy (non-hydrogen) atoms. The summed E-state index contributed by atoms with van der Waals surface area (Å²) in [6.07, 6.45) is 0.116. The number of benzene rings is 2. The van der Waals surface area contributed by atoms with E-state index in [1.54, 1.807) is 0 Å². The van der Waals surface area contributed by atoms with Gasteiger partial charge in [0.25, 0.3) is 0 Å². The molecule has 0 bridgehead atoms. The molecule has 0 saturated heterocycles. The van der Waals surface area contributed by atoms with Crippen molar-refractivity contribution in [3.63, 3.8) is 0 Å². The number of rotatable bonds is 5. The molecule has 1 atom stereocenters. The Labute approximate surface area is 144 Å². The highest BCUT2D eigenvalue weighted by Crippen LogP contribution is 2.26. The fourth-order valence-electron chi connectivity index (χ4n) is 1.74. The molecular weight excluding hydrogens is 483 g/mol. The lowest BCUT2D eigenvalue weighted by atomic mass is 10.1. The third-order valence-electron chi connectivity index (χ3n) is 2.76. The minimum Gasteiger partial charge on any atom is -0.368 e. The van der Waals surface area contributed by atoms with Gasteiger partial charge in [0.1, 0.15) is 0 Å². The van der Waals surface area contributed by atoms with E-state index < -0.39 is 0 Å². The van der Waals surface area contributed by atoms with Crippen molar-refractivity contribution in [3.05, 3.63) is 68.6 Å². The van der Waals surface area contributed by atoms with Crippen molar-refractivity contribution in [2.75, 3.05) is 4.43 Å². The van der Waals surface area contributed by atoms with Crippen LogP contribution in [0.25, 0.3) is 0 Å². The highest BCUT2D eigenvalue weighted by atomic mass is 127. The Morgan fingerprint density at radius 2 is 1.84 bits per heavy atom. The van der Waals surface area contributed by atoms with Crippen LogP contribution in [0.1, 0.15) is 17.2 Å². The van der Waals surface area contributed by atoms with Crippen LogP contribution in [0.3, 0.4) is 0 Å². The maximum Gasteiger partial charge on any atom is 0.0919 e. The quantitative estimate of drug-likeness (QED) is 0.370. The van der Waals surface area contributed by atoms with E-state index in [1.165, 1.54) is 11.1 Å². The van der Waals surface area contributed by atoms with Crippen LogP contribution < -0.4 is 0 Å². The first-order valence-corrected chi connectivity index (χ1v) is 8.98. The SMILES string of the molecule is Brc1cccc(C(CI)OCc2ccccc2Br)c1. The lowest BCUT2D eigenvalue weighted by molar-refractivity contribution is 0.0573. The Morgan fingerprint density at radius 3 is 2.53 bits per heavy atom. The highest BCUT2D eigenvalue weighted by Gasteiger charge is 2.11. The Hall–Kier alpha value is 0.0900. The molecule has 2 rings (SSSR count). The number of halogens is 3. The van der Waals surface area contributed by atoms with Crippen molar-refractivity contribution in [3.8, 4) is 0 Å². The fraction of sp³-hybridized carbons (Fsp3) is 0.200. The molecule has 0 aliphatic heterocycles. The molecule has 0 saturated carbocycles. The molecule has 0 spiro atoms. The molecule has 1 nitrogen and oxygen atoms in total. The zero-order chi connectivity index (χ0) is 13.7. The van der Waals surface area contributed by atoms with Crippen LogP contribution >= 0.6 is 54.5 Å². The minimum atomic E-state index is 0.116. The lowest BCUT2D eigenvalue weighted by Gasteiger charge is -2.16. The number of hydrogen-bond donors (Lipinski definition) is 0. The van der Waals surface area contributed by atoms with Crippen LogP contribution in [-0.2, 0) is 11.3 Å². The summed E-state index contributed by atoms with van der Waals surface area (Å²) < 4.78 is 9.15. The molecular formula is C15H13Br2IO. The van der Waals surface area contributed by atoms with E-state index >= 15 is 0 Å². The van der Waals surface area contributed by atoms with Crippen LogP contribution in [-0.4, -0.2) is 4.43 Å². The van der Waals surface area contributed by atoms with Crippen molar-refractivity contribution in [2.24, 2.45) is 0 Å². The van der Waals surface area contributed by atoms with Gasteiger partial charge in [-0.2, -0.15) is 0 Å². The molecule has 0 aliphatic rings. The smallest absolute Gasteiger partial charge is 0.0919 e. The largest absolute Gasteiger partial charge is 0.368 e. The monoisotopic (exact) mass is 494 g/mol. The summed E-state index contributed by atoms with van der Waals surface area (Å²) in [5.74, 6) is 0. The fourth-order valence-corrected chi connectivity index (χ4v) is 3.32. The zero-order valence-electron chi connectivity index (χ0n) is 10.2. The van der Waals surface area contributed by atoms with Gasteiger partial charge >= 0.3 is 0 Å². The van der Waals surface area contributed by atoms with Crippen LogP contribution in [0.2, 0.25) is 0 Å². The van der Waals surface area contributed by atoms with Crippen molar-refractivity contribution >= 4 is 54.5 Å². The predicted octanol–water partition coefficient (Wildman–Crippen LogP) is 5.90. The minimum absolute atomic E-state index is 0.116. The molecule has 0 radical (unpaired) electrons. The highest BCUT2D eigenvalue weighted by molar-refractivity contribution is 14.1. The molecule has 0 aliphatic carbocycles. The van der Waals surface area contributed by atoms with E-state index in [0.717, 1.165) is 13.4 Å². The van der Waals surface area contributed by atoms with Gasteiger partial charge in [0.2, 0.25) is 0 Å². The summed E-state index contributed by atoms with van der Waals surface area (Å²) in [6, 6.07) is 16.4. The van der Waals surface area contributed by atoms with Crippen molar-refractivity contribution in [1.29, 1.82) is 0 Å². The van der Waals surface area contributed by atoms with Crippen molar-refractivity contribution < 1.29 is 4.74 Å². The maximum atomic E-state index is 6.04. The van der Waals surface area contributed by atoms with Gasteiger partial charge in [-0.25, -0.2) is 0 Å². The van der Waals surface area contributed by atoms with Gasteiger partial charge in [-0.3, -0.25) is 0 Å². The topological polar surface area (TPSA) is 9.23 Å². The van der Waals surface area contributed by atoms with E-state index in [9.17, 15) is 0 Å². The summed E-state index contributed by atoms with van der Waals surface area (Å²) in [6.45, 7) is 0.613. The first-order valence-electron chi connectivity index (χ1n) is 5.87. The molecule has 0 N–H and O–H groups in total. The van der Waals surface area contributed by atoms with E-state index in [1.807, 2.05) is 30.3 Å². The Balaban J connectivity index is 2.06. The number of ether oxygens (including phenoxy) is 1. The zero-order valence-corrected chi connectivity index (χ0v) is 15.5. The third kappa shape index (κ3) is 4.55. The Kier molecular flexibility index (Phi) is 6.32. The van der Waals surface area contributed by atoms with E-state index in [2.05, 4.69) is 72.6 Å².